The first-order valence-electron chi connectivity index (χ1n) is 9.67. The first-order valence-corrected chi connectivity index (χ1v) is 11.2. The molecule has 0 atom stereocenters. The van der Waals surface area contributed by atoms with Crippen LogP contribution in [0.1, 0.15) is 25.3 Å². The van der Waals surface area contributed by atoms with E-state index in [9.17, 15) is 23.3 Å². The Hall–Kier alpha value is -2.90. The number of nitrogens with two attached hydrogens (primary N) is 1. The van der Waals surface area contributed by atoms with Crippen LogP contribution < -0.4 is 10.5 Å². The molecule has 3 N–H and O–H groups in total. The zero-order chi connectivity index (χ0) is 22.1. The number of amides is 1. The second-order valence-electron chi connectivity index (χ2n) is 6.88. The van der Waals surface area contributed by atoms with E-state index in [-0.39, 0.29) is 28.3 Å². The Morgan fingerprint density at radius 2 is 1.93 bits per heavy atom. The summed E-state index contributed by atoms with van der Waals surface area (Å²) >= 11 is 0. The molecule has 1 aliphatic heterocycles. The van der Waals surface area contributed by atoms with Crippen molar-refractivity contribution in [3.63, 3.8) is 0 Å². The van der Waals surface area contributed by atoms with Crippen LogP contribution >= 0.6 is 0 Å². The van der Waals surface area contributed by atoms with Crippen LogP contribution in [0.3, 0.4) is 0 Å². The summed E-state index contributed by atoms with van der Waals surface area (Å²) in [4.78, 5) is 25.9. The molecule has 30 heavy (non-hydrogen) atoms. The standard InChI is InChI=1S/C20H26N4O5S/c1-2-29-20(26)16-8-11-24(12-9-16)19(25)17(13-21)14-23-10-7-15-3-5-18(6-4-15)30(22,27)28/h3-6,14,16,23H,2,7-12H2,1H3,(H2,22,27,28)/b17-14-. The third kappa shape index (κ3) is 6.57. The molecular formula is C20H26N4O5S. The van der Waals surface area contributed by atoms with Gasteiger partial charge in [-0.3, -0.25) is 9.59 Å². The smallest absolute Gasteiger partial charge is 0.309 e. The molecule has 1 amide bonds. The third-order valence-electron chi connectivity index (χ3n) is 4.81. The van der Waals surface area contributed by atoms with Gasteiger partial charge in [0.25, 0.3) is 5.91 Å². The van der Waals surface area contributed by atoms with Gasteiger partial charge in [-0.1, -0.05) is 12.1 Å². The molecule has 0 saturated carbocycles. The van der Waals surface area contributed by atoms with Crippen molar-refractivity contribution in [3.05, 3.63) is 41.6 Å². The Morgan fingerprint density at radius 1 is 1.30 bits per heavy atom. The zero-order valence-corrected chi connectivity index (χ0v) is 17.7. The van der Waals surface area contributed by atoms with Gasteiger partial charge in [0.05, 0.1) is 17.4 Å². The first kappa shape index (κ1) is 23.4. The maximum absolute atomic E-state index is 12.5. The highest BCUT2D eigenvalue weighted by atomic mass is 32.2. The van der Waals surface area contributed by atoms with Crippen LogP contribution in [0.4, 0.5) is 0 Å². The van der Waals surface area contributed by atoms with E-state index in [1.54, 1.807) is 24.0 Å². The molecule has 1 fully saturated rings. The van der Waals surface area contributed by atoms with Gasteiger partial charge < -0.3 is 15.0 Å². The molecule has 2 rings (SSSR count). The summed E-state index contributed by atoms with van der Waals surface area (Å²) in [6, 6.07) is 8.11. The van der Waals surface area contributed by atoms with Crippen molar-refractivity contribution in [2.24, 2.45) is 11.1 Å². The highest BCUT2D eigenvalue weighted by Crippen LogP contribution is 2.20. The zero-order valence-electron chi connectivity index (χ0n) is 16.8. The number of piperidine rings is 1. The number of carbonyl (C=O) groups excluding carboxylic acids is 2. The largest absolute Gasteiger partial charge is 0.466 e. The lowest BCUT2D eigenvalue weighted by Gasteiger charge is -2.30. The summed E-state index contributed by atoms with van der Waals surface area (Å²) < 4.78 is 27.5. The molecular weight excluding hydrogens is 408 g/mol. The van der Waals surface area contributed by atoms with Gasteiger partial charge in [-0.15, -0.1) is 0 Å². The molecule has 0 aliphatic carbocycles. The number of nitriles is 1. The monoisotopic (exact) mass is 434 g/mol. The minimum absolute atomic E-state index is 0.00541. The van der Waals surface area contributed by atoms with E-state index in [0.29, 0.717) is 45.5 Å². The molecule has 10 heteroatoms. The van der Waals surface area contributed by atoms with E-state index in [4.69, 9.17) is 9.88 Å². The highest BCUT2D eigenvalue weighted by Gasteiger charge is 2.29. The third-order valence-corrected chi connectivity index (χ3v) is 5.74. The van der Waals surface area contributed by atoms with Crippen molar-refractivity contribution in [1.29, 1.82) is 5.26 Å². The van der Waals surface area contributed by atoms with Crippen LogP contribution in [0.15, 0.2) is 40.9 Å². The summed E-state index contributed by atoms with van der Waals surface area (Å²) in [6.45, 7) is 3.35. The molecule has 162 valence electrons. The van der Waals surface area contributed by atoms with Crippen LogP contribution in [0.25, 0.3) is 0 Å². The number of nitrogens with zero attached hydrogens (tertiary/aromatic N) is 2. The fourth-order valence-corrected chi connectivity index (χ4v) is 3.64. The Kier molecular flexibility index (Phi) is 8.38. The number of primary sulfonamides is 1. The lowest BCUT2D eigenvalue weighted by molar-refractivity contribution is -0.150. The predicted molar refractivity (Wildman–Crippen MR) is 109 cm³/mol. The predicted octanol–water partition coefficient (Wildman–Crippen LogP) is 0.675. The number of benzene rings is 1. The number of esters is 1. The molecule has 1 aliphatic rings. The van der Waals surface area contributed by atoms with Crippen molar-refractivity contribution in [3.8, 4) is 6.07 Å². The normalized spacial score (nSPS) is 15.4. The quantitative estimate of drug-likeness (QED) is 0.265. The van der Waals surface area contributed by atoms with E-state index in [1.165, 1.54) is 18.3 Å². The Labute approximate surface area is 176 Å². The van der Waals surface area contributed by atoms with Crippen LogP contribution in [-0.4, -0.2) is 51.4 Å². The summed E-state index contributed by atoms with van der Waals surface area (Å²) in [5.74, 6) is -0.813. The lowest BCUT2D eigenvalue weighted by Crippen LogP contribution is -2.41. The van der Waals surface area contributed by atoms with Gasteiger partial charge in [0.2, 0.25) is 10.0 Å². The number of sulfonamides is 1. The van der Waals surface area contributed by atoms with E-state index in [1.807, 2.05) is 6.07 Å². The van der Waals surface area contributed by atoms with E-state index >= 15 is 0 Å². The molecule has 0 aromatic heterocycles. The van der Waals surface area contributed by atoms with Gasteiger partial charge in [0.15, 0.2) is 0 Å². The van der Waals surface area contributed by atoms with Gasteiger partial charge in [0, 0.05) is 25.8 Å². The second kappa shape index (κ2) is 10.8. The van der Waals surface area contributed by atoms with Crippen molar-refractivity contribution in [2.45, 2.75) is 31.1 Å². The topological polar surface area (TPSA) is 143 Å². The number of nitrogens with one attached hydrogen (secondary N) is 1. The van der Waals surface area contributed by atoms with E-state index < -0.39 is 10.0 Å². The lowest BCUT2D eigenvalue weighted by atomic mass is 9.96. The molecule has 1 aromatic rings. The van der Waals surface area contributed by atoms with E-state index in [0.717, 1.165) is 5.56 Å². The van der Waals surface area contributed by atoms with Gasteiger partial charge in [-0.2, -0.15) is 5.26 Å². The number of ether oxygens (including phenoxy) is 1. The maximum Gasteiger partial charge on any atom is 0.309 e. The fourth-order valence-electron chi connectivity index (χ4n) is 3.13. The first-order chi connectivity index (χ1) is 14.3. The molecule has 0 unspecified atom stereocenters. The maximum atomic E-state index is 12.5. The molecule has 1 heterocycles. The van der Waals surface area contributed by atoms with Gasteiger partial charge in [-0.25, -0.2) is 13.6 Å². The Balaban J connectivity index is 1.83. The average molecular weight is 435 g/mol. The second-order valence-corrected chi connectivity index (χ2v) is 8.44. The van der Waals surface area contributed by atoms with Crippen molar-refractivity contribution in [1.82, 2.24) is 10.2 Å². The number of hydrogen-bond donors (Lipinski definition) is 2. The molecule has 0 radical (unpaired) electrons. The fraction of sp³-hybridized carbons (Fsp3) is 0.450. The average Bonchev–Trinajstić information content (AvgIpc) is 2.73. The highest BCUT2D eigenvalue weighted by molar-refractivity contribution is 7.89. The van der Waals surface area contributed by atoms with Crippen LogP contribution in [0.5, 0.6) is 0 Å². The molecule has 9 nitrogen and oxygen atoms in total. The van der Waals surface area contributed by atoms with Crippen LogP contribution in [0, 0.1) is 17.2 Å². The summed E-state index contributed by atoms with van der Waals surface area (Å²) in [7, 11) is -3.72. The minimum atomic E-state index is -3.72. The van der Waals surface area contributed by atoms with Gasteiger partial charge >= 0.3 is 5.97 Å². The summed E-state index contributed by atoms with van der Waals surface area (Å²) in [6.07, 6.45) is 2.99. The van der Waals surface area contributed by atoms with Crippen molar-refractivity contribution < 1.29 is 22.7 Å². The van der Waals surface area contributed by atoms with Crippen LogP contribution in [-0.2, 0) is 30.8 Å². The van der Waals surface area contributed by atoms with Gasteiger partial charge in [-0.05, 0) is 43.9 Å². The minimum Gasteiger partial charge on any atom is -0.466 e. The molecule has 1 saturated heterocycles. The van der Waals surface area contributed by atoms with Crippen LogP contribution in [0.2, 0.25) is 0 Å². The number of carbonyl (C=O) groups is 2. The van der Waals surface area contributed by atoms with E-state index in [2.05, 4.69) is 5.32 Å². The van der Waals surface area contributed by atoms with Crippen molar-refractivity contribution >= 4 is 21.9 Å². The molecule has 1 aromatic carbocycles. The molecule has 0 spiro atoms. The molecule has 0 bridgehead atoms. The summed E-state index contributed by atoms with van der Waals surface area (Å²) in [5, 5.41) is 17.3. The summed E-state index contributed by atoms with van der Waals surface area (Å²) in [5.41, 5.74) is 0.878. The number of likely N-dealkylation sites (tertiary alicyclic amines) is 1. The Morgan fingerprint density at radius 3 is 2.47 bits per heavy atom. The van der Waals surface area contributed by atoms with Gasteiger partial charge in [0.1, 0.15) is 11.6 Å². The number of hydrogen-bond acceptors (Lipinski definition) is 7. The van der Waals surface area contributed by atoms with Crippen molar-refractivity contribution in [2.75, 3.05) is 26.2 Å². The Bertz CT molecular complexity index is 927. The SMILES string of the molecule is CCOC(=O)C1CCN(C(=O)/C(C#N)=C\NCCc2ccc(S(N)(=O)=O)cc2)CC1. The number of rotatable bonds is 8.